The van der Waals surface area contributed by atoms with Crippen LogP contribution in [0.1, 0.15) is 35.8 Å². The largest absolute Gasteiger partial charge is 0.440 e. The number of anilines is 1. The number of nitrogens with one attached hydrogen (secondary N) is 1. The summed E-state index contributed by atoms with van der Waals surface area (Å²) in [7, 11) is 0. The topological polar surface area (TPSA) is 58.4 Å². The molecule has 1 N–H and O–H groups in total. The van der Waals surface area contributed by atoms with Crippen LogP contribution in [-0.2, 0) is 4.79 Å². The van der Waals surface area contributed by atoms with Gasteiger partial charge in [0.2, 0.25) is 5.91 Å². The average molecular weight is 363 g/mol. The van der Waals surface area contributed by atoms with Crippen molar-refractivity contribution in [3.05, 3.63) is 59.5 Å². The van der Waals surface area contributed by atoms with Crippen LogP contribution in [0, 0.1) is 13.8 Å². The molecule has 1 fully saturated rings. The Morgan fingerprint density at radius 2 is 1.85 bits per heavy atom. The quantitative estimate of drug-likeness (QED) is 0.752. The zero-order valence-electron chi connectivity index (χ0n) is 15.9. The summed E-state index contributed by atoms with van der Waals surface area (Å²) in [4.78, 5) is 19.2. The van der Waals surface area contributed by atoms with Gasteiger partial charge in [-0.15, -0.1) is 0 Å². The van der Waals surface area contributed by atoms with Crippen LogP contribution < -0.4 is 5.32 Å². The standard InChI is InChI=1S/C22H25N3O2/c1-15-11-16(2)13-18(12-15)23-21(26)14-25-9-7-17(8-10-25)22-24-19-5-3-4-6-20(19)27-22/h3-6,11-13,17H,7-10,14H2,1-2H3,(H,23,26). The summed E-state index contributed by atoms with van der Waals surface area (Å²) >= 11 is 0. The highest BCUT2D eigenvalue weighted by molar-refractivity contribution is 5.92. The molecular weight excluding hydrogens is 338 g/mol. The van der Waals surface area contributed by atoms with Gasteiger partial charge in [0.05, 0.1) is 6.54 Å². The number of benzene rings is 2. The van der Waals surface area contributed by atoms with Gasteiger partial charge in [0, 0.05) is 11.6 Å². The highest BCUT2D eigenvalue weighted by Gasteiger charge is 2.25. The number of carbonyl (C=O) groups excluding carboxylic acids is 1. The molecule has 0 aliphatic carbocycles. The summed E-state index contributed by atoms with van der Waals surface area (Å²) in [5, 5.41) is 3.02. The van der Waals surface area contributed by atoms with Crippen molar-refractivity contribution in [3.8, 4) is 0 Å². The molecule has 0 radical (unpaired) electrons. The summed E-state index contributed by atoms with van der Waals surface area (Å²) in [5.74, 6) is 1.20. The van der Waals surface area contributed by atoms with Crippen molar-refractivity contribution in [2.24, 2.45) is 0 Å². The van der Waals surface area contributed by atoms with E-state index in [1.165, 1.54) is 0 Å². The van der Waals surface area contributed by atoms with E-state index in [0.29, 0.717) is 12.5 Å². The second-order valence-electron chi connectivity index (χ2n) is 7.49. The fourth-order valence-corrected chi connectivity index (χ4v) is 3.85. The zero-order chi connectivity index (χ0) is 18.8. The van der Waals surface area contributed by atoms with Gasteiger partial charge in [0.1, 0.15) is 5.52 Å². The Kier molecular flexibility index (Phi) is 4.94. The fraction of sp³-hybridized carbons (Fsp3) is 0.364. The van der Waals surface area contributed by atoms with Crippen LogP contribution in [-0.4, -0.2) is 35.4 Å². The molecule has 0 spiro atoms. The van der Waals surface area contributed by atoms with Gasteiger partial charge in [-0.3, -0.25) is 9.69 Å². The van der Waals surface area contributed by atoms with Gasteiger partial charge in [0.15, 0.2) is 11.5 Å². The number of carbonyl (C=O) groups is 1. The number of para-hydroxylation sites is 2. The number of likely N-dealkylation sites (tertiary alicyclic amines) is 1. The molecule has 1 aliphatic heterocycles. The van der Waals surface area contributed by atoms with E-state index in [2.05, 4.69) is 21.3 Å². The lowest BCUT2D eigenvalue weighted by Crippen LogP contribution is -2.38. The highest BCUT2D eigenvalue weighted by Crippen LogP contribution is 2.29. The van der Waals surface area contributed by atoms with E-state index in [4.69, 9.17) is 4.42 Å². The van der Waals surface area contributed by atoms with Crippen molar-refractivity contribution < 1.29 is 9.21 Å². The maximum Gasteiger partial charge on any atom is 0.238 e. The van der Waals surface area contributed by atoms with E-state index >= 15 is 0 Å². The average Bonchev–Trinajstić information content (AvgIpc) is 3.05. The SMILES string of the molecule is Cc1cc(C)cc(NC(=O)CN2CCC(c3nc4ccccc4o3)CC2)c1. The van der Waals surface area contributed by atoms with Gasteiger partial charge in [0.25, 0.3) is 0 Å². The highest BCUT2D eigenvalue weighted by atomic mass is 16.3. The lowest BCUT2D eigenvalue weighted by atomic mass is 9.97. The molecule has 1 aromatic heterocycles. The molecule has 27 heavy (non-hydrogen) atoms. The van der Waals surface area contributed by atoms with Crippen LogP contribution in [0.15, 0.2) is 46.9 Å². The lowest BCUT2D eigenvalue weighted by Gasteiger charge is -2.29. The summed E-state index contributed by atoms with van der Waals surface area (Å²) in [6.45, 7) is 6.26. The molecule has 140 valence electrons. The number of aryl methyl sites for hydroxylation is 2. The molecule has 3 aromatic rings. The molecule has 5 nitrogen and oxygen atoms in total. The summed E-state index contributed by atoms with van der Waals surface area (Å²) < 4.78 is 5.92. The molecule has 5 heteroatoms. The van der Waals surface area contributed by atoms with Crippen LogP contribution in [0.3, 0.4) is 0 Å². The molecule has 0 saturated carbocycles. The number of oxazole rings is 1. The van der Waals surface area contributed by atoms with E-state index in [1.807, 2.05) is 50.2 Å². The van der Waals surface area contributed by atoms with Crippen LogP contribution in [0.25, 0.3) is 11.1 Å². The number of hydrogen-bond acceptors (Lipinski definition) is 4. The number of nitrogens with zero attached hydrogens (tertiary/aromatic N) is 2. The minimum absolute atomic E-state index is 0.0420. The first kappa shape index (κ1) is 17.7. The maximum atomic E-state index is 12.4. The lowest BCUT2D eigenvalue weighted by molar-refractivity contribution is -0.117. The molecule has 0 bridgehead atoms. The molecule has 2 aromatic carbocycles. The van der Waals surface area contributed by atoms with Gasteiger partial charge < -0.3 is 9.73 Å². The van der Waals surface area contributed by atoms with E-state index < -0.39 is 0 Å². The Morgan fingerprint density at radius 3 is 2.56 bits per heavy atom. The summed E-state index contributed by atoms with van der Waals surface area (Å²) in [6.07, 6.45) is 1.92. The van der Waals surface area contributed by atoms with E-state index in [0.717, 1.165) is 59.7 Å². The minimum Gasteiger partial charge on any atom is -0.440 e. The number of amides is 1. The number of hydrogen-bond donors (Lipinski definition) is 1. The van der Waals surface area contributed by atoms with E-state index in [-0.39, 0.29) is 5.91 Å². The van der Waals surface area contributed by atoms with E-state index in [9.17, 15) is 4.79 Å². The molecule has 2 heterocycles. The first-order chi connectivity index (χ1) is 13.1. The normalized spacial score (nSPS) is 15.9. The number of fused-ring (bicyclic) bond motifs is 1. The Bertz CT molecular complexity index is 902. The van der Waals surface area contributed by atoms with E-state index in [1.54, 1.807) is 0 Å². The van der Waals surface area contributed by atoms with Crippen molar-refractivity contribution in [1.29, 1.82) is 0 Å². The minimum atomic E-state index is 0.0420. The maximum absolute atomic E-state index is 12.4. The molecule has 1 aliphatic rings. The van der Waals surface area contributed by atoms with Crippen molar-refractivity contribution in [2.75, 3.05) is 25.0 Å². The first-order valence-corrected chi connectivity index (χ1v) is 9.53. The van der Waals surface area contributed by atoms with Crippen LogP contribution in [0.2, 0.25) is 0 Å². The Hall–Kier alpha value is -2.66. The van der Waals surface area contributed by atoms with Gasteiger partial charge in [-0.2, -0.15) is 0 Å². The Morgan fingerprint density at radius 1 is 1.15 bits per heavy atom. The smallest absolute Gasteiger partial charge is 0.238 e. The van der Waals surface area contributed by atoms with Gasteiger partial charge in [-0.25, -0.2) is 4.98 Å². The van der Waals surface area contributed by atoms with Gasteiger partial charge in [-0.05, 0) is 75.2 Å². The predicted molar refractivity (Wildman–Crippen MR) is 107 cm³/mol. The summed E-state index contributed by atoms with van der Waals surface area (Å²) in [6, 6.07) is 14.0. The number of rotatable bonds is 4. The van der Waals surface area contributed by atoms with Gasteiger partial charge >= 0.3 is 0 Å². The molecular formula is C22H25N3O2. The third-order valence-corrected chi connectivity index (χ3v) is 5.12. The predicted octanol–water partition coefficient (Wildman–Crippen LogP) is 4.26. The van der Waals surface area contributed by atoms with Gasteiger partial charge in [-0.1, -0.05) is 18.2 Å². The monoisotopic (exact) mass is 363 g/mol. The fourth-order valence-electron chi connectivity index (χ4n) is 3.85. The zero-order valence-corrected chi connectivity index (χ0v) is 15.9. The Balaban J connectivity index is 1.31. The second-order valence-corrected chi connectivity index (χ2v) is 7.49. The molecule has 1 amide bonds. The molecule has 0 atom stereocenters. The second kappa shape index (κ2) is 7.53. The van der Waals surface area contributed by atoms with Crippen molar-refractivity contribution >= 4 is 22.7 Å². The first-order valence-electron chi connectivity index (χ1n) is 9.53. The van der Waals surface area contributed by atoms with Crippen LogP contribution in [0.4, 0.5) is 5.69 Å². The van der Waals surface area contributed by atoms with Crippen molar-refractivity contribution in [1.82, 2.24) is 9.88 Å². The summed E-state index contributed by atoms with van der Waals surface area (Å²) in [5.41, 5.74) is 4.96. The number of piperidine rings is 1. The van der Waals surface area contributed by atoms with Crippen molar-refractivity contribution in [3.63, 3.8) is 0 Å². The van der Waals surface area contributed by atoms with Crippen molar-refractivity contribution in [2.45, 2.75) is 32.6 Å². The third-order valence-electron chi connectivity index (χ3n) is 5.12. The third kappa shape index (κ3) is 4.19. The Labute approximate surface area is 159 Å². The number of aromatic nitrogens is 1. The van der Waals surface area contributed by atoms with Crippen LogP contribution >= 0.6 is 0 Å². The van der Waals surface area contributed by atoms with Crippen LogP contribution in [0.5, 0.6) is 0 Å². The molecule has 0 unspecified atom stereocenters. The molecule has 4 rings (SSSR count). The molecule has 1 saturated heterocycles.